The van der Waals surface area contributed by atoms with Gasteiger partial charge in [0.25, 0.3) is 0 Å². The van der Waals surface area contributed by atoms with E-state index in [4.69, 9.17) is 0 Å². The Hall–Kier alpha value is -2.08. The van der Waals surface area contributed by atoms with Crippen LogP contribution in [0.1, 0.15) is 46.6 Å². The molecule has 22 heavy (non-hydrogen) atoms. The van der Waals surface area contributed by atoms with Crippen LogP contribution in [0.3, 0.4) is 0 Å². The average Bonchev–Trinajstić information content (AvgIpc) is 2.60. The predicted molar refractivity (Wildman–Crippen MR) is 103 cm³/mol. The third kappa shape index (κ3) is 6.58. The van der Waals surface area contributed by atoms with Crippen LogP contribution in [0.2, 0.25) is 0 Å². The Kier molecular flexibility index (Phi) is 11.4. The van der Waals surface area contributed by atoms with Crippen LogP contribution in [0, 0.1) is 0 Å². The number of allylic oxidation sites excluding steroid dienone is 3. The van der Waals surface area contributed by atoms with Gasteiger partial charge in [-0.3, -0.25) is 0 Å². The molecule has 0 unspecified atom stereocenters. The topological polar surface area (TPSA) is 0 Å². The van der Waals surface area contributed by atoms with E-state index < -0.39 is 0 Å². The minimum absolute atomic E-state index is 1.17. The van der Waals surface area contributed by atoms with E-state index in [0.29, 0.717) is 0 Å². The van der Waals surface area contributed by atoms with Crippen LogP contribution in [0.15, 0.2) is 73.3 Å². The molecule has 0 heterocycles. The molecule has 0 bridgehead atoms. The van der Waals surface area contributed by atoms with Gasteiger partial charge in [-0.05, 0) is 35.3 Å². The van der Waals surface area contributed by atoms with Crippen molar-refractivity contribution in [3.05, 3.63) is 78.9 Å². The largest absolute Gasteiger partial charge is 0.0985 e. The Labute approximate surface area is 137 Å². The summed E-state index contributed by atoms with van der Waals surface area (Å²) in [5.41, 5.74) is 4.87. The smallest absolute Gasteiger partial charge is 0.0178 e. The highest BCUT2D eigenvalue weighted by Gasteiger charge is 2.00. The van der Waals surface area contributed by atoms with Crippen molar-refractivity contribution in [1.29, 1.82) is 0 Å². The van der Waals surface area contributed by atoms with E-state index in [9.17, 15) is 0 Å². The van der Waals surface area contributed by atoms with Crippen LogP contribution in [-0.4, -0.2) is 0 Å². The van der Waals surface area contributed by atoms with E-state index in [0.717, 1.165) is 0 Å². The molecule has 0 fully saturated rings. The molecule has 0 radical (unpaired) electrons. The molecular weight excluding hydrogens is 264 g/mol. The molecule has 0 spiro atoms. The van der Waals surface area contributed by atoms with Crippen LogP contribution >= 0.6 is 0 Å². The third-order valence-corrected chi connectivity index (χ3v) is 2.83. The van der Waals surface area contributed by atoms with Gasteiger partial charge in [-0.25, -0.2) is 0 Å². The van der Waals surface area contributed by atoms with Crippen LogP contribution in [0.5, 0.6) is 0 Å². The minimum atomic E-state index is 1.17. The second-order valence-electron chi connectivity index (χ2n) is 4.60. The fourth-order valence-electron chi connectivity index (χ4n) is 1.91. The first-order chi connectivity index (χ1) is 10.8. The summed E-state index contributed by atoms with van der Waals surface area (Å²) in [5, 5.41) is 0. The van der Waals surface area contributed by atoms with Gasteiger partial charge in [0.1, 0.15) is 0 Å². The summed E-state index contributed by atoms with van der Waals surface area (Å²) in [7, 11) is 0. The van der Waals surface area contributed by atoms with Gasteiger partial charge in [0.15, 0.2) is 0 Å². The quantitative estimate of drug-likeness (QED) is 0.518. The maximum atomic E-state index is 3.84. The molecule has 0 saturated carbocycles. The number of hydrogen-bond acceptors (Lipinski definition) is 0. The molecule has 2 aromatic carbocycles. The van der Waals surface area contributed by atoms with E-state index >= 15 is 0 Å². The van der Waals surface area contributed by atoms with Crippen molar-refractivity contribution in [3.8, 4) is 11.1 Å². The van der Waals surface area contributed by atoms with Crippen LogP contribution in [-0.2, 0) is 0 Å². The first-order valence-corrected chi connectivity index (χ1v) is 8.21. The summed E-state index contributed by atoms with van der Waals surface area (Å²) in [5.74, 6) is 0. The van der Waals surface area contributed by atoms with E-state index in [1.807, 2.05) is 32.9 Å². The van der Waals surface area contributed by atoms with E-state index in [1.54, 1.807) is 0 Å². The summed E-state index contributed by atoms with van der Waals surface area (Å²) < 4.78 is 0. The first kappa shape index (κ1) is 19.9. The second-order valence-corrected chi connectivity index (χ2v) is 4.60. The van der Waals surface area contributed by atoms with E-state index in [2.05, 4.69) is 75.0 Å². The molecule has 0 aliphatic carbocycles. The van der Waals surface area contributed by atoms with Gasteiger partial charge in [-0.1, -0.05) is 101 Å². The summed E-state index contributed by atoms with van der Waals surface area (Å²) in [6.45, 7) is 14.1. The van der Waals surface area contributed by atoms with Crippen molar-refractivity contribution >= 4 is 5.57 Å². The maximum Gasteiger partial charge on any atom is -0.0178 e. The molecule has 0 saturated heterocycles. The van der Waals surface area contributed by atoms with Crippen LogP contribution < -0.4 is 0 Å². The van der Waals surface area contributed by atoms with Crippen molar-refractivity contribution in [1.82, 2.24) is 0 Å². The molecule has 0 aromatic heterocycles. The lowest BCUT2D eigenvalue weighted by Gasteiger charge is -2.06. The lowest BCUT2D eigenvalue weighted by atomic mass is 9.99. The van der Waals surface area contributed by atoms with Crippen molar-refractivity contribution in [3.63, 3.8) is 0 Å². The van der Waals surface area contributed by atoms with Gasteiger partial charge in [-0.15, -0.1) is 0 Å². The predicted octanol–water partition coefficient (Wildman–Crippen LogP) is 7.39. The standard InChI is InChI=1S/C17H16.C3H8.C2H6/c1-3-14(4-2)16-11-8-12-17(13-16)15-9-6-5-7-10-15;1-3-2;1-2/h3-13H,1H2,2H3;3H2,1-2H3;1-2H3/b14-4+;;. The molecule has 0 heteroatoms. The molecule has 0 aliphatic rings. The molecule has 0 amide bonds. The second kappa shape index (κ2) is 12.6. The highest BCUT2D eigenvalue weighted by Crippen LogP contribution is 2.23. The monoisotopic (exact) mass is 294 g/mol. The molecule has 2 rings (SSSR count). The Morgan fingerprint density at radius 3 is 1.95 bits per heavy atom. The zero-order chi connectivity index (χ0) is 16.8. The van der Waals surface area contributed by atoms with Crippen molar-refractivity contribution < 1.29 is 0 Å². The van der Waals surface area contributed by atoms with Gasteiger partial charge >= 0.3 is 0 Å². The number of hydrogen-bond donors (Lipinski definition) is 0. The lowest BCUT2D eigenvalue weighted by Crippen LogP contribution is -1.83. The van der Waals surface area contributed by atoms with E-state index in [1.165, 1.54) is 28.7 Å². The molecule has 2 aromatic rings. The zero-order valence-electron chi connectivity index (χ0n) is 14.8. The number of benzene rings is 2. The first-order valence-electron chi connectivity index (χ1n) is 8.21. The van der Waals surface area contributed by atoms with Crippen molar-refractivity contribution in [2.75, 3.05) is 0 Å². The average molecular weight is 294 g/mol. The van der Waals surface area contributed by atoms with Crippen LogP contribution in [0.4, 0.5) is 0 Å². The Balaban J connectivity index is 0.000000789. The fourth-order valence-corrected chi connectivity index (χ4v) is 1.91. The highest BCUT2D eigenvalue weighted by atomic mass is 14.0. The zero-order valence-corrected chi connectivity index (χ0v) is 14.8. The van der Waals surface area contributed by atoms with Gasteiger partial charge < -0.3 is 0 Å². The molecule has 0 aliphatic heterocycles. The fraction of sp³-hybridized carbons (Fsp3) is 0.273. The van der Waals surface area contributed by atoms with Crippen molar-refractivity contribution in [2.45, 2.75) is 41.0 Å². The van der Waals surface area contributed by atoms with Gasteiger partial charge in [0.05, 0.1) is 0 Å². The minimum Gasteiger partial charge on any atom is -0.0985 e. The third-order valence-electron chi connectivity index (χ3n) is 2.83. The summed E-state index contributed by atoms with van der Waals surface area (Å²) in [6, 6.07) is 19.0. The molecule has 0 atom stereocenters. The molecule has 0 nitrogen and oxygen atoms in total. The highest BCUT2D eigenvalue weighted by molar-refractivity contribution is 5.77. The van der Waals surface area contributed by atoms with Gasteiger partial charge in [0.2, 0.25) is 0 Å². The van der Waals surface area contributed by atoms with Crippen molar-refractivity contribution in [2.24, 2.45) is 0 Å². The molecule has 118 valence electrons. The number of rotatable bonds is 3. The van der Waals surface area contributed by atoms with Gasteiger partial charge in [0, 0.05) is 0 Å². The van der Waals surface area contributed by atoms with Gasteiger partial charge in [-0.2, -0.15) is 0 Å². The van der Waals surface area contributed by atoms with Crippen LogP contribution in [0.25, 0.3) is 16.7 Å². The Morgan fingerprint density at radius 1 is 0.909 bits per heavy atom. The Bertz CT molecular complexity index is 547. The molecule has 0 N–H and O–H groups in total. The van der Waals surface area contributed by atoms with E-state index in [-0.39, 0.29) is 0 Å². The SMILES string of the molecule is C=C/C(=C\C)c1cccc(-c2ccccc2)c1.CC.CCC. The summed E-state index contributed by atoms with van der Waals surface area (Å²) in [6.07, 6.45) is 5.22. The Morgan fingerprint density at radius 2 is 1.45 bits per heavy atom. The summed E-state index contributed by atoms with van der Waals surface area (Å²) >= 11 is 0. The summed E-state index contributed by atoms with van der Waals surface area (Å²) in [4.78, 5) is 0. The normalized spacial score (nSPS) is 9.77. The molecular formula is C22H30. The maximum absolute atomic E-state index is 3.84. The lowest BCUT2D eigenvalue weighted by molar-refractivity contribution is 1.09.